The maximum Gasteiger partial charge on any atom is 0.256 e. The number of halogens is 1. The fourth-order valence-electron chi connectivity index (χ4n) is 2.28. The fourth-order valence-corrected chi connectivity index (χ4v) is 2.28. The first-order valence-electron chi connectivity index (χ1n) is 7.62. The van der Waals surface area contributed by atoms with Crippen LogP contribution < -0.4 is 5.32 Å². The molecule has 0 unspecified atom stereocenters. The van der Waals surface area contributed by atoms with Crippen LogP contribution in [0, 0.1) is 5.82 Å². The lowest BCUT2D eigenvalue weighted by Gasteiger charge is -2.06. The SMILES string of the molecule is CC(C)n1ncc(NC(=O)c2cccc(-c3cccc(F)c3)c2)n1. The van der Waals surface area contributed by atoms with Crippen LogP contribution in [-0.4, -0.2) is 20.9 Å². The minimum Gasteiger partial charge on any atom is -0.304 e. The molecule has 0 radical (unpaired) electrons. The molecule has 0 aliphatic rings. The molecule has 5 nitrogen and oxygen atoms in total. The monoisotopic (exact) mass is 324 g/mol. The number of nitrogens with zero attached hydrogens (tertiary/aromatic N) is 3. The number of anilines is 1. The Morgan fingerprint density at radius 3 is 2.50 bits per heavy atom. The molecule has 0 spiro atoms. The standard InChI is InChI=1S/C18H17FN4O/c1-12(2)23-20-11-17(22-23)21-18(24)15-7-3-5-13(9-15)14-6-4-8-16(19)10-14/h3-12H,1-2H3,(H,21,22,24). The first-order valence-corrected chi connectivity index (χ1v) is 7.62. The van der Waals surface area contributed by atoms with Crippen molar-refractivity contribution in [2.24, 2.45) is 0 Å². The first kappa shape index (κ1) is 15.9. The number of hydrogen-bond donors (Lipinski definition) is 1. The third-order valence-electron chi connectivity index (χ3n) is 3.49. The second-order valence-electron chi connectivity index (χ2n) is 5.69. The molecule has 0 fully saturated rings. The van der Waals surface area contributed by atoms with Crippen molar-refractivity contribution >= 4 is 11.7 Å². The molecule has 0 aliphatic carbocycles. The summed E-state index contributed by atoms with van der Waals surface area (Å²) in [7, 11) is 0. The Morgan fingerprint density at radius 2 is 1.83 bits per heavy atom. The molecule has 3 aromatic rings. The number of carbonyl (C=O) groups is 1. The quantitative estimate of drug-likeness (QED) is 0.791. The third-order valence-corrected chi connectivity index (χ3v) is 3.49. The Kier molecular flexibility index (Phi) is 4.37. The molecule has 0 saturated heterocycles. The second kappa shape index (κ2) is 6.62. The fraction of sp³-hybridized carbons (Fsp3) is 0.167. The van der Waals surface area contributed by atoms with Gasteiger partial charge in [0.25, 0.3) is 5.91 Å². The summed E-state index contributed by atoms with van der Waals surface area (Å²) in [5.41, 5.74) is 1.96. The molecule has 6 heteroatoms. The Bertz CT molecular complexity index is 873. The number of hydrogen-bond acceptors (Lipinski definition) is 3. The van der Waals surface area contributed by atoms with Gasteiger partial charge in [-0.15, -0.1) is 5.10 Å². The summed E-state index contributed by atoms with van der Waals surface area (Å²) < 4.78 is 13.4. The molecule has 122 valence electrons. The number of rotatable bonds is 4. The van der Waals surface area contributed by atoms with E-state index in [0.29, 0.717) is 11.4 Å². The van der Waals surface area contributed by atoms with Crippen LogP contribution in [0.2, 0.25) is 0 Å². The van der Waals surface area contributed by atoms with Crippen LogP contribution in [0.15, 0.2) is 54.7 Å². The van der Waals surface area contributed by atoms with E-state index < -0.39 is 0 Å². The maximum absolute atomic E-state index is 13.4. The highest BCUT2D eigenvalue weighted by Crippen LogP contribution is 2.21. The lowest BCUT2D eigenvalue weighted by molar-refractivity contribution is 0.102. The van der Waals surface area contributed by atoms with Crippen molar-refractivity contribution in [1.29, 1.82) is 0 Å². The Balaban J connectivity index is 1.81. The lowest BCUT2D eigenvalue weighted by Crippen LogP contribution is -2.13. The minimum absolute atomic E-state index is 0.118. The van der Waals surface area contributed by atoms with Gasteiger partial charge >= 0.3 is 0 Å². The third kappa shape index (κ3) is 3.48. The van der Waals surface area contributed by atoms with Crippen LogP contribution in [0.4, 0.5) is 10.2 Å². The van der Waals surface area contributed by atoms with Crippen molar-refractivity contribution < 1.29 is 9.18 Å². The molecular weight excluding hydrogens is 307 g/mol. The van der Waals surface area contributed by atoms with Crippen LogP contribution in [0.3, 0.4) is 0 Å². The van der Waals surface area contributed by atoms with Crippen molar-refractivity contribution in [2.75, 3.05) is 5.32 Å². The molecule has 0 bridgehead atoms. The van der Waals surface area contributed by atoms with E-state index in [1.54, 1.807) is 30.3 Å². The topological polar surface area (TPSA) is 59.8 Å². The van der Waals surface area contributed by atoms with E-state index in [0.717, 1.165) is 11.1 Å². The van der Waals surface area contributed by atoms with Gasteiger partial charge in [-0.3, -0.25) is 4.79 Å². The molecule has 0 atom stereocenters. The average Bonchev–Trinajstić information content (AvgIpc) is 3.04. The molecule has 1 heterocycles. The molecule has 24 heavy (non-hydrogen) atoms. The van der Waals surface area contributed by atoms with Crippen LogP contribution in [-0.2, 0) is 0 Å². The molecular formula is C18H17FN4O. The van der Waals surface area contributed by atoms with E-state index in [9.17, 15) is 9.18 Å². The zero-order chi connectivity index (χ0) is 17.1. The molecule has 1 aromatic heterocycles. The van der Waals surface area contributed by atoms with Crippen LogP contribution in [0.5, 0.6) is 0 Å². The molecule has 1 N–H and O–H groups in total. The zero-order valence-corrected chi connectivity index (χ0v) is 13.4. The van der Waals surface area contributed by atoms with E-state index in [1.807, 2.05) is 19.9 Å². The zero-order valence-electron chi connectivity index (χ0n) is 13.4. The number of aromatic nitrogens is 3. The summed E-state index contributed by atoms with van der Waals surface area (Å²) in [4.78, 5) is 13.9. The van der Waals surface area contributed by atoms with Crippen LogP contribution in [0.1, 0.15) is 30.2 Å². The van der Waals surface area contributed by atoms with Gasteiger partial charge in [-0.1, -0.05) is 24.3 Å². The van der Waals surface area contributed by atoms with Crippen molar-refractivity contribution in [3.63, 3.8) is 0 Å². The number of nitrogens with one attached hydrogen (secondary N) is 1. The van der Waals surface area contributed by atoms with Gasteiger partial charge in [0.1, 0.15) is 5.82 Å². The largest absolute Gasteiger partial charge is 0.304 e. The van der Waals surface area contributed by atoms with Gasteiger partial charge in [-0.05, 0) is 49.2 Å². The van der Waals surface area contributed by atoms with E-state index in [2.05, 4.69) is 15.5 Å². The van der Waals surface area contributed by atoms with Gasteiger partial charge in [-0.25, -0.2) is 4.39 Å². The van der Waals surface area contributed by atoms with Gasteiger partial charge in [0.05, 0.1) is 12.2 Å². The summed E-state index contributed by atoms with van der Waals surface area (Å²) in [5.74, 6) is -0.207. The second-order valence-corrected chi connectivity index (χ2v) is 5.69. The molecule has 0 aliphatic heterocycles. The van der Waals surface area contributed by atoms with Gasteiger partial charge in [-0.2, -0.15) is 9.90 Å². The van der Waals surface area contributed by atoms with Crippen molar-refractivity contribution in [3.05, 3.63) is 66.1 Å². The Hall–Kier alpha value is -3.02. The van der Waals surface area contributed by atoms with Crippen molar-refractivity contribution in [1.82, 2.24) is 15.0 Å². The lowest BCUT2D eigenvalue weighted by atomic mass is 10.0. The number of amides is 1. The van der Waals surface area contributed by atoms with E-state index in [1.165, 1.54) is 23.1 Å². The highest BCUT2D eigenvalue weighted by molar-refractivity contribution is 6.04. The summed E-state index contributed by atoms with van der Waals surface area (Å²) >= 11 is 0. The minimum atomic E-state index is -0.312. The highest BCUT2D eigenvalue weighted by Gasteiger charge is 2.11. The van der Waals surface area contributed by atoms with E-state index in [4.69, 9.17) is 0 Å². The highest BCUT2D eigenvalue weighted by atomic mass is 19.1. The molecule has 0 saturated carbocycles. The van der Waals surface area contributed by atoms with Gasteiger partial charge in [0.15, 0.2) is 5.82 Å². The van der Waals surface area contributed by atoms with Crippen molar-refractivity contribution in [2.45, 2.75) is 19.9 Å². The average molecular weight is 324 g/mol. The van der Waals surface area contributed by atoms with Crippen LogP contribution >= 0.6 is 0 Å². The number of carbonyl (C=O) groups excluding carboxylic acids is 1. The molecule has 1 amide bonds. The van der Waals surface area contributed by atoms with E-state index in [-0.39, 0.29) is 17.8 Å². The number of benzene rings is 2. The normalized spacial score (nSPS) is 10.8. The van der Waals surface area contributed by atoms with Crippen molar-refractivity contribution in [3.8, 4) is 11.1 Å². The summed E-state index contributed by atoms with van der Waals surface area (Å²) in [5, 5.41) is 11.0. The Labute approximate surface area is 139 Å². The summed E-state index contributed by atoms with van der Waals surface area (Å²) in [6, 6.07) is 13.4. The smallest absolute Gasteiger partial charge is 0.256 e. The summed E-state index contributed by atoms with van der Waals surface area (Å²) in [6.07, 6.45) is 1.51. The maximum atomic E-state index is 13.4. The van der Waals surface area contributed by atoms with Crippen LogP contribution in [0.25, 0.3) is 11.1 Å². The first-order chi connectivity index (χ1) is 11.5. The summed E-state index contributed by atoms with van der Waals surface area (Å²) in [6.45, 7) is 3.90. The predicted octanol–water partition coefficient (Wildman–Crippen LogP) is 3.92. The van der Waals surface area contributed by atoms with Gasteiger partial charge < -0.3 is 5.32 Å². The van der Waals surface area contributed by atoms with Gasteiger partial charge in [0.2, 0.25) is 0 Å². The van der Waals surface area contributed by atoms with E-state index >= 15 is 0 Å². The molecule has 3 rings (SSSR count). The van der Waals surface area contributed by atoms with Gasteiger partial charge in [0, 0.05) is 5.56 Å². The molecule has 2 aromatic carbocycles. The Morgan fingerprint density at radius 1 is 1.12 bits per heavy atom. The predicted molar refractivity (Wildman–Crippen MR) is 90.2 cm³/mol.